The first-order valence-corrected chi connectivity index (χ1v) is 12.8. The SMILES string of the molecule is CCN(CC)c1ccc(N=Nc2ccc(N=Nc3ccc(N=Nc4ccc(C)cc4)cc3)c(C)c2)c(C)c1. The van der Waals surface area contributed by atoms with Crippen LogP contribution in [0.4, 0.5) is 39.8 Å². The minimum absolute atomic E-state index is 0.742. The van der Waals surface area contributed by atoms with E-state index in [1.807, 2.05) is 86.6 Å². The van der Waals surface area contributed by atoms with Crippen LogP contribution in [0.2, 0.25) is 0 Å². The highest BCUT2D eigenvalue weighted by Gasteiger charge is 2.05. The fraction of sp³-hybridized carbons (Fsp3) is 0.226. The van der Waals surface area contributed by atoms with Crippen molar-refractivity contribution in [3.63, 3.8) is 0 Å². The molecule has 0 saturated carbocycles. The molecule has 192 valence electrons. The molecular weight excluding hydrogens is 470 g/mol. The van der Waals surface area contributed by atoms with E-state index in [0.717, 1.165) is 58.3 Å². The van der Waals surface area contributed by atoms with Gasteiger partial charge in [0.15, 0.2) is 0 Å². The van der Waals surface area contributed by atoms with E-state index in [4.69, 9.17) is 0 Å². The predicted molar refractivity (Wildman–Crippen MR) is 156 cm³/mol. The van der Waals surface area contributed by atoms with Gasteiger partial charge in [-0.05, 0) is 119 Å². The van der Waals surface area contributed by atoms with Crippen LogP contribution in [0, 0.1) is 20.8 Å². The molecule has 0 aliphatic rings. The Labute approximate surface area is 224 Å². The zero-order chi connectivity index (χ0) is 26.9. The molecule has 7 nitrogen and oxygen atoms in total. The molecule has 0 N–H and O–H groups in total. The Morgan fingerprint density at radius 1 is 0.474 bits per heavy atom. The van der Waals surface area contributed by atoms with Crippen molar-refractivity contribution in [2.45, 2.75) is 34.6 Å². The van der Waals surface area contributed by atoms with Crippen LogP contribution in [0.1, 0.15) is 30.5 Å². The average molecular weight is 504 g/mol. The highest BCUT2D eigenvalue weighted by atomic mass is 15.1. The van der Waals surface area contributed by atoms with Crippen LogP contribution < -0.4 is 4.90 Å². The lowest BCUT2D eigenvalue weighted by Crippen LogP contribution is -2.21. The number of aryl methyl sites for hydroxylation is 3. The monoisotopic (exact) mass is 503 g/mol. The molecule has 0 heterocycles. The van der Waals surface area contributed by atoms with Gasteiger partial charge in [0.2, 0.25) is 0 Å². The number of hydrogen-bond donors (Lipinski definition) is 0. The summed E-state index contributed by atoms with van der Waals surface area (Å²) in [6.07, 6.45) is 0. The number of rotatable bonds is 9. The molecular formula is C31H33N7. The first-order chi connectivity index (χ1) is 18.4. The first-order valence-electron chi connectivity index (χ1n) is 12.8. The topological polar surface area (TPSA) is 77.4 Å². The van der Waals surface area contributed by atoms with Crippen molar-refractivity contribution in [1.29, 1.82) is 0 Å². The molecule has 4 rings (SSSR count). The fourth-order valence-corrected chi connectivity index (χ4v) is 3.89. The van der Waals surface area contributed by atoms with E-state index in [0.29, 0.717) is 0 Å². The first kappa shape index (κ1) is 26.5. The van der Waals surface area contributed by atoms with Gasteiger partial charge in [-0.2, -0.15) is 30.7 Å². The Hall–Kier alpha value is -4.52. The Balaban J connectivity index is 1.39. The molecule has 0 unspecified atom stereocenters. The largest absolute Gasteiger partial charge is 0.372 e. The molecule has 0 atom stereocenters. The standard InChI is InChI=1S/C31H33N7/c1-6-38(7-2)29-17-19-31(24(5)21-29)37-35-28-16-18-30(23(4)20-28)36-34-27-14-12-26(13-15-27)33-32-25-10-8-22(3)9-11-25/h8-21H,6-7H2,1-5H3. The number of hydrogen-bond acceptors (Lipinski definition) is 7. The van der Waals surface area contributed by atoms with Gasteiger partial charge in [0.05, 0.1) is 34.1 Å². The van der Waals surface area contributed by atoms with Crippen LogP contribution in [-0.4, -0.2) is 13.1 Å². The maximum absolute atomic E-state index is 4.47. The van der Waals surface area contributed by atoms with Crippen molar-refractivity contribution in [2.75, 3.05) is 18.0 Å². The summed E-state index contributed by atoms with van der Waals surface area (Å²) in [7, 11) is 0. The van der Waals surface area contributed by atoms with Gasteiger partial charge < -0.3 is 4.90 Å². The van der Waals surface area contributed by atoms with Crippen LogP contribution in [0.5, 0.6) is 0 Å². The summed E-state index contributed by atoms with van der Waals surface area (Å²) in [5, 5.41) is 26.3. The third-order valence-electron chi connectivity index (χ3n) is 6.20. The second-order valence-electron chi connectivity index (χ2n) is 9.07. The smallest absolute Gasteiger partial charge is 0.0887 e. The lowest BCUT2D eigenvalue weighted by molar-refractivity contribution is 0.865. The van der Waals surface area contributed by atoms with Crippen molar-refractivity contribution in [1.82, 2.24) is 0 Å². The molecule has 38 heavy (non-hydrogen) atoms. The van der Waals surface area contributed by atoms with Crippen LogP contribution in [-0.2, 0) is 0 Å². The van der Waals surface area contributed by atoms with E-state index in [-0.39, 0.29) is 0 Å². The van der Waals surface area contributed by atoms with Crippen molar-refractivity contribution in [3.05, 3.63) is 102 Å². The summed E-state index contributed by atoms with van der Waals surface area (Å²) in [5.74, 6) is 0. The van der Waals surface area contributed by atoms with E-state index >= 15 is 0 Å². The highest BCUT2D eigenvalue weighted by Crippen LogP contribution is 2.30. The van der Waals surface area contributed by atoms with Gasteiger partial charge in [-0.3, -0.25) is 0 Å². The quantitative estimate of drug-likeness (QED) is 0.209. The average Bonchev–Trinajstić information content (AvgIpc) is 2.93. The molecule has 0 spiro atoms. The molecule has 4 aromatic rings. The van der Waals surface area contributed by atoms with Gasteiger partial charge in [-0.1, -0.05) is 17.7 Å². The van der Waals surface area contributed by atoms with Crippen LogP contribution >= 0.6 is 0 Å². The van der Waals surface area contributed by atoms with Gasteiger partial charge in [-0.15, -0.1) is 0 Å². The van der Waals surface area contributed by atoms with E-state index in [9.17, 15) is 0 Å². The maximum Gasteiger partial charge on any atom is 0.0887 e. The summed E-state index contributed by atoms with van der Waals surface area (Å²) < 4.78 is 0. The Morgan fingerprint density at radius 2 is 0.895 bits per heavy atom. The molecule has 0 aliphatic heterocycles. The lowest BCUT2D eigenvalue weighted by atomic mass is 10.1. The van der Waals surface area contributed by atoms with E-state index in [1.54, 1.807) is 0 Å². The second kappa shape index (κ2) is 12.6. The zero-order valence-corrected chi connectivity index (χ0v) is 22.6. The molecule has 0 amide bonds. The highest BCUT2D eigenvalue weighted by molar-refractivity contribution is 5.58. The number of nitrogens with zero attached hydrogens (tertiary/aromatic N) is 7. The van der Waals surface area contributed by atoms with E-state index < -0.39 is 0 Å². The molecule has 0 saturated heterocycles. The van der Waals surface area contributed by atoms with Crippen LogP contribution in [0.3, 0.4) is 0 Å². The number of anilines is 1. The van der Waals surface area contributed by atoms with Gasteiger partial charge in [0, 0.05) is 18.8 Å². The summed E-state index contributed by atoms with van der Waals surface area (Å²) in [5.41, 5.74) is 9.22. The van der Waals surface area contributed by atoms with E-state index in [1.165, 1.54) is 11.3 Å². The maximum atomic E-state index is 4.47. The number of azo groups is 3. The van der Waals surface area contributed by atoms with Gasteiger partial charge in [0.25, 0.3) is 0 Å². The Morgan fingerprint density at radius 3 is 1.39 bits per heavy atom. The van der Waals surface area contributed by atoms with E-state index in [2.05, 4.69) is 68.5 Å². The predicted octanol–water partition coefficient (Wildman–Crippen LogP) is 10.7. The molecule has 7 heteroatoms. The fourth-order valence-electron chi connectivity index (χ4n) is 3.89. The summed E-state index contributed by atoms with van der Waals surface area (Å²) in [6, 6.07) is 27.5. The normalized spacial score (nSPS) is 11.7. The minimum atomic E-state index is 0.742. The van der Waals surface area contributed by atoms with Crippen molar-refractivity contribution in [3.8, 4) is 0 Å². The molecule has 0 bridgehead atoms. The van der Waals surface area contributed by atoms with Crippen LogP contribution in [0.25, 0.3) is 0 Å². The van der Waals surface area contributed by atoms with Gasteiger partial charge in [0.1, 0.15) is 0 Å². The van der Waals surface area contributed by atoms with Crippen LogP contribution in [0.15, 0.2) is 116 Å². The van der Waals surface area contributed by atoms with Crippen molar-refractivity contribution >= 4 is 39.8 Å². The third-order valence-corrected chi connectivity index (χ3v) is 6.20. The Kier molecular flexibility index (Phi) is 8.82. The second-order valence-corrected chi connectivity index (χ2v) is 9.07. The summed E-state index contributed by atoms with van der Waals surface area (Å²) in [4.78, 5) is 2.32. The van der Waals surface area contributed by atoms with Crippen molar-refractivity contribution in [2.24, 2.45) is 30.7 Å². The van der Waals surface area contributed by atoms with Crippen molar-refractivity contribution < 1.29 is 0 Å². The summed E-state index contributed by atoms with van der Waals surface area (Å²) >= 11 is 0. The molecule has 0 aromatic heterocycles. The molecule has 0 aliphatic carbocycles. The van der Waals surface area contributed by atoms with Gasteiger partial charge >= 0.3 is 0 Å². The zero-order valence-electron chi connectivity index (χ0n) is 22.6. The molecule has 4 aromatic carbocycles. The van der Waals surface area contributed by atoms with Gasteiger partial charge in [-0.25, -0.2) is 0 Å². The Bertz CT molecular complexity index is 1450. The molecule has 0 fully saturated rings. The molecule has 0 radical (unpaired) electrons. The third kappa shape index (κ3) is 7.03. The number of benzene rings is 4. The summed E-state index contributed by atoms with van der Waals surface area (Å²) in [6.45, 7) is 12.4. The lowest BCUT2D eigenvalue weighted by Gasteiger charge is -2.21. The minimum Gasteiger partial charge on any atom is -0.372 e.